The van der Waals surface area contributed by atoms with Crippen LogP contribution in [-0.2, 0) is 0 Å². The van der Waals surface area contributed by atoms with E-state index in [1.165, 1.54) is 5.56 Å². The summed E-state index contributed by atoms with van der Waals surface area (Å²) in [4.78, 5) is 20.2. The van der Waals surface area contributed by atoms with Crippen LogP contribution in [0.25, 0.3) is 0 Å². The van der Waals surface area contributed by atoms with Gasteiger partial charge in [0.1, 0.15) is 5.82 Å². The topological polar surface area (TPSA) is 66.9 Å². The zero-order chi connectivity index (χ0) is 17.8. The summed E-state index contributed by atoms with van der Waals surface area (Å²) in [5, 5.41) is 6.39. The molecule has 0 atom stereocenters. The van der Waals surface area contributed by atoms with Crippen molar-refractivity contribution in [1.29, 1.82) is 0 Å². The summed E-state index contributed by atoms with van der Waals surface area (Å²) in [5.74, 6) is 1.14. The number of hydrogen-bond acceptors (Lipinski definition) is 5. The number of halogens is 1. The molecule has 0 aliphatic heterocycles. The van der Waals surface area contributed by atoms with Crippen LogP contribution >= 0.6 is 15.9 Å². The molecular formula is C19H17BrN4O. The molecule has 2 N–H and O–H groups in total. The van der Waals surface area contributed by atoms with Gasteiger partial charge in [-0.1, -0.05) is 18.2 Å². The van der Waals surface area contributed by atoms with Crippen molar-refractivity contribution >= 4 is 44.9 Å². The van der Waals surface area contributed by atoms with Crippen molar-refractivity contribution < 1.29 is 4.79 Å². The highest BCUT2D eigenvalue weighted by Gasteiger charge is 2.05. The third-order valence-corrected chi connectivity index (χ3v) is 4.22. The fourth-order valence-electron chi connectivity index (χ4n) is 2.29. The van der Waals surface area contributed by atoms with Gasteiger partial charge in [0.2, 0.25) is 5.95 Å². The van der Waals surface area contributed by atoms with Crippen molar-refractivity contribution in [2.45, 2.75) is 13.8 Å². The molecule has 1 aromatic heterocycles. The Kier molecular flexibility index (Phi) is 5.09. The van der Waals surface area contributed by atoms with E-state index in [9.17, 15) is 4.79 Å². The first-order valence-electron chi connectivity index (χ1n) is 7.75. The lowest BCUT2D eigenvalue weighted by Crippen LogP contribution is -2.01. The Morgan fingerprint density at radius 3 is 2.68 bits per heavy atom. The Balaban J connectivity index is 1.79. The van der Waals surface area contributed by atoms with Crippen molar-refractivity contribution in [3.63, 3.8) is 0 Å². The Hall–Kier alpha value is -2.73. The second kappa shape index (κ2) is 7.44. The van der Waals surface area contributed by atoms with E-state index in [2.05, 4.69) is 36.5 Å². The molecular weight excluding hydrogens is 380 g/mol. The molecule has 3 rings (SSSR count). The predicted octanol–water partition coefficient (Wildman–Crippen LogP) is 5.24. The summed E-state index contributed by atoms with van der Waals surface area (Å²) in [6.07, 6.45) is 1.68. The normalized spacial score (nSPS) is 10.4. The number of ketones is 1. The van der Waals surface area contributed by atoms with Gasteiger partial charge in [-0.05, 0) is 65.7 Å². The van der Waals surface area contributed by atoms with Crippen LogP contribution in [0.2, 0.25) is 0 Å². The molecule has 2 aromatic carbocycles. The van der Waals surface area contributed by atoms with Crippen molar-refractivity contribution in [2.24, 2.45) is 0 Å². The quantitative estimate of drug-likeness (QED) is 0.577. The molecule has 1 heterocycles. The van der Waals surface area contributed by atoms with Gasteiger partial charge in [0.05, 0.1) is 5.69 Å². The van der Waals surface area contributed by atoms with Crippen LogP contribution in [0.1, 0.15) is 22.8 Å². The average molecular weight is 397 g/mol. The number of aromatic nitrogens is 2. The van der Waals surface area contributed by atoms with Crippen molar-refractivity contribution in [3.05, 3.63) is 70.3 Å². The second-order valence-corrected chi connectivity index (χ2v) is 6.49. The molecule has 0 saturated carbocycles. The highest BCUT2D eigenvalue weighted by molar-refractivity contribution is 9.10. The maximum Gasteiger partial charge on any atom is 0.229 e. The van der Waals surface area contributed by atoms with E-state index in [0.29, 0.717) is 17.3 Å². The Labute approximate surface area is 154 Å². The number of carbonyl (C=O) groups is 1. The highest BCUT2D eigenvalue weighted by Crippen LogP contribution is 2.26. The van der Waals surface area contributed by atoms with E-state index in [-0.39, 0.29) is 5.78 Å². The molecule has 126 valence electrons. The first-order chi connectivity index (χ1) is 12.0. The monoisotopic (exact) mass is 396 g/mol. The molecule has 0 aliphatic carbocycles. The molecule has 0 unspecified atom stereocenters. The molecule has 0 bridgehead atoms. The number of rotatable bonds is 5. The fourth-order valence-corrected chi connectivity index (χ4v) is 2.89. The fraction of sp³-hybridized carbons (Fsp3) is 0.105. The number of hydrogen-bond donors (Lipinski definition) is 2. The van der Waals surface area contributed by atoms with E-state index in [1.54, 1.807) is 31.3 Å². The van der Waals surface area contributed by atoms with Gasteiger partial charge >= 0.3 is 0 Å². The lowest BCUT2D eigenvalue weighted by molar-refractivity contribution is 0.101. The molecule has 25 heavy (non-hydrogen) atoms. The number of aryl methyl sites for hydroxylation is 1. The van der Waals surface area contributed by atoms with Crippen LogP contribution in [0.4, 0.5) is 23.1 Å². The summed E-state index contributed by atoms with van der Waals surface area (Å²) in [5.41, 5.74) is 3.51. The maximum atomic E-state index is 11.5. The van der Waals surface area contributed by atoms with Crippen LogP contribution < -0.4 is 10.6 Å². The number of nitrogens with zero attached hydrogens (tertiary/aromatic N) is 2. The first-order valence-corrected chi connectivity index (χ1v) is 8.55. The maximum absolute atomic E-state index is 11.5. The summed E-state index contributed by atoms with van der Waals surface area (Å²) < 4.78 is 0.967. The van der Waals surface area contributed by atoms with Crippen LogP contribution in [0.15, 0.2) is 59.2 Å². The third kappa shape index (κ3) is 4.42. The summed E-state index contributed by atoms with van der Waals surface area (Å²) >= 11 is 3.54. The van der Waals surface area contributed by atoms with Gasteiger partial charge in [-0.25, -0.2) is 4.98 Å². The number of carbonyl (C=O) groups excluding carboxylic acids is 1. The number of Topliss-reactive ketones (excluding diaryl/α,β-unsaturated/α-hetero) is 1. The minimum Gasteiger partial charge on any atom is -0.339 e. The van der Waals surface area contributed by atoms with Gasteiger partial charge in [-0.15, -0.1) is 0 Å². The van der Waals surface area contributed by atoms with E-state index in [1.807, 2.05) is 37.3 Å². The van der Waals surface area contributed by atoms with Gasteiger partial charge < -0.3 is 10.6 Å². The largest absolute Gasteiger partial charge is 0.339 e. The standard InChI is InChI=1S/C19H17BrN4O/c1-12-6-7-17(16(20)10-12)23-18-8-9-21-19(24-18)22-15-5-3-4-14(11-15)13(2)25/h3-11H,1-2H3,(H2,21,22,23,24). The van der Waals surface area contributed by atoms with Gasteiger partial charge in [-0.2, -0.15) is 4.98 Å². The average Bonchev–Trinajstić information content (AvgIpc) is 2.58. The molecule has 0 fully saturated rings. The van der Waals surface area contributed by atoms with Crippen molar-refractivity contribution in [1.82, 2.24) is 9.97 Å². The van der Waals surface area contributed by atoms with E-state index in [0.717, 1.165) is 15.8 Å². The molecule has 0 spiro atoms. The molecule has 0 saturated heterocycles. The van der Waals surface area contributed by atoms with Gasteiger partial charge in [0, 0.05) is 21.9 Å². The summed E-state index contributed by atoms with van der Waals surface area (Å²) in [7, 11) is 0. The van der Waals surface area contributed by atoms with Gasteiger partial charge in [-0.3, -0.25) is 4.79 Å². The Morgan fingerprint density at radius 1 is 1.08 bits per heavy atom. The zero-order valence-electron chi connectivity index (χ0n) is 13.9. The molecule has 0 aliphatic rings. The van der Waals surface area contributed by atoms with Gasteiger partial charge in [0.15, 0.2) is 5.78 Å². The lowest BCUT2D eigenvalue weighted by atomic mass is 10.1. The second-order valence-electron chi connectivity index (χ2n) is 5.64. The lowest BCUT2D eigenvalue weighted by Gasteiger charge is -2.10. The smallest absolute Gasteiger partial charge is 0.229 e. The van der Waals surface area contributed by atoms with Crippen LogP contribution in [-0.4, -0.2) is 15.8 Å². The predicted molar refractivity (Wildman–Crippen MR) is 104 cm³/mol. The molecule has 3 aromatic rings. The van der Waals surface area contributed by atoms with E-state index in [4.69, 9.17) is 0 Å². The van der Waals surface area contributed by atoms with Crippen molar-refractivity contribution in [3.8, 4) is 0 Å². The minimum atomic E-state index is 0.0178. The summed E-state index contributed by atoms with van der Waals surface area (Å²) in [6, 6.07) is 15.1. The molecule has 6 heteroatoms. The third-order valence-electron chi connectivity index (χ3n) is 3.57. The van der Waals surface area contributed by atoms with Crippen LogP contribution in [0.3, 0.4) is 0 Å². The number of benzene rings is 2. The van der Waals surface area contributed by atoms with Gasteiger partial charge in [0.25, 0.3) is 0 Å². The minimum absolute atomic E-state index is 0.0178. The molecule has 0 radical (unpaired) electrons. The first kappa shape index (κ1) is 17.1. The Morgan fingerprint density at radius 2 is 1.92 bits per heavy atom. The number of anilines is 4. The van der Waals surface area contributed by atoms with E-state index < -0.39 is 0 Å². The van der Waals surface area contributed by atoms with Crippen LogP contribution in [0.5, 0.6) is 0 Å². The summed E-state index contributed by atoms with van der Waals surface area (Å²) in [6.45, 7) is 3.58. The highest BCUT2D eigenvalue weighted by atomic mass is 79.9. The SMILES string of the molecule is CC(=O)c1cccc(Nc2nccc(Nc3ccc(C)cc3Br)n2)c1. The number of nitrogens with one attached hydrogen (secondary N) is 2. The van der Waals surface area contributed by atoms with Crippen molar-refractivity contribution in [2.75, 3.05) is 10.6 Å². The Bertz CT molecular complexity index is 927. The zero-order valence-corrected chi connectivity index (χ0v) is 15.5. The van der Waals surface area contributed by atoms with E-state index >= 15 is 0 Å². The van der Waals surface area contributed by atoms with Crippen LogP contribution in [0, 0.1) is 6.92 Å². The molecule has 5 nitrogen and oxygen atoms in total. The molecule has 0 amide bonds.